The zero-order valence-electron chi connectivity index (χ0n) is 12.2. The first-order chi connectivity index (χ1) is 9.99. The van der Waals surface area contributed by atoms with Gasteiger partial charge in [-0.2, -0.15) is 0 Å². The Labute approximate surface area is 153 Å². The summed E-state index contributed by atoms with van der Waals surface area (Å²) in [5.41, 5.74) is 6.29. The van der Waals surface area contributed by atoms with E-state index in [9.17, 15) is 15.0 Å². The van der Waals surface area contributed by atoms with E-state index in [4.69, 9.17) is 23.3 Å². The number of nitrogens with two attached hydrogens (primary N) is 1. The Kier molecular flexibility index (Phi) is 8.06. The molecule has 5 N–H and O–H groups in total. The van der Waals surface area contributed by atoms with Crippen LogP contribution in [0.2, 0.25) is 0 Å². The molecule has 0 bridgehead atoms. The van der Waals surface area contributed by atoms with Crippen molar-refractivity contribution in [2.24, 2.45) is 16.0 Å². The molecule has 1 unspecified atom stereocenters. The number of carbonyl (C=O) groups is 1. The van der Waals surface area contributed by atoms with Crippen LogP contribution in [0.4, 0.5) is 16.2 Å². The van der Waals surface area contributed by atoms with Crippen molar-refractivity contribution < 1.29 is 62.1 Å². The Morgan fingerprint density at radius 3 is 2.48 bits per heavy atom. The summed E-state index contributed by atoms with van der Waals surface area (Å²) in [6.45, 7) is 0.450. The molecule has 2 rings (SSSR count). The standard InChI is InChI=1S/C10H12N4O3.Na.H2O4S/c1-14-4-9(16)5-2-6(12-13-10(11)17)8(15)3-7(5)14;;1-5(2,3)4/h2-3,9,15-16H,4H2,1H3,(H2,11,17);;(H2,1,2,3,4)/q;+1;/p-1. The van der Waals surface area contributed by atoms with Gasteiger partial charge in [-0.3, -0.25) is 4.55 Å². The number of phenols is 1. The van der Waals surface area contributed by atoms with E-state index in [0.717, 1.165) is 5.69 Å². The number of rotatable bonds is 1. The number of aromatic hydroxyl groups is 1. The van der Waals surface area contributed by atoms with Crippen LogP contribution in [0.5, 0.6) is 5.75 Å². The second-order valence-corrected chi connectivity index (χ2v) is 5.12. The summed E-state index contributed by atoms with van der Waals surface area (Å²) >= 11 is 0. The van der Waals surface area contributed by atoms with Crippen LogP contribution in [-0.2, 0) is 10.4 Å². The van der Waals surface area contributed by atoms with Crippen LogP contribution < -0.4 is 40.2 Å². The van der Waals surface area contributed by atoms with E-state index in [1.54, 1.807) is 7.05 Å². The second kappa shape index (κ2) is 8.54. The fourth-order valence-electron chi connectivity index (χ4n) is 1.82. The van der Waals surface area contributed by atoms with Crippen molar-refractivity contribution in [1.82, 2.24) is 0 Å². The maximum Gasteiger partial charge on any atom is 1.00 e. The predicted molar refractivity (Wildman–Crippen MR) is 72.8 cm³/mol. The van der Waals surface area contributed by atoms with Crippen LogP contribution in [0, 0.1) is 0 Å². The summed E-state index contributed by atoms with van der Waals surface area (Å²) in [7, 11) is -3.11. The van der Waals surface area contributed by atoms with Crippen molar-refractivity contribution >= 4 is 27.8 Å². The SMILES string of the molecule is CN1CC(O)c2cc(N=NC(N)=O)c(O)cc21.O=S(=O)([O-])O.[Na+]. The number of anilines is 1. The van der Waals surface area contributed by atoms with E-state index in [-0.39, 0.29) is 41.0 Å². The maximum atomic E-state index is 10.5. The number of likely N-dealkylation sites (N-methyl/N-ethyl adjacent to an activating group) is 1. The molecule has 13 heteroatoms. The average Bonchev–Trinajstić information content (AvgIpc) is 2.59. The summed E-state index contributed by atoms with van der Waals surface area (Å²) < 4.78 is 32.8. The molecule has 23 heavy (non-hydrogen) atoms. The molecule has 1 aromatic carbocycles. The normalized spacial score (nSPS) is 16.3. The molecule has 1 heterocycles. The minimum atomic E-state index is -4.92. The predicted octanol–water partition coefficient (Wildman–Crippen LogP) is -2.95. The summed E-state index contributed by atoms with van der Waals surface area (Å²) in [5, 5.41) is 26.1. The molecular weight excluding hydrogens is 343 g/mol. The number of urea groups is 1. The zero-order valence-corrected chi connectivity index (χ0v) is 15.1. The van der Waals surface area contributed by atoms with Gasteiger partial charge in [-0.1, -0.05) is 5.11 Å². The van der Waals surface area contributed by atoms with Gasteiger partial charge in [0, 0.05) is 30.9 Å². The smallest absolute Gasteiger partial charge is 0.726 e. The van der Waals surface area contributed by atoms with Gasteiger partial charge in [0.25, 0.3) is 0 Å². The van der Waals surface area contributed by atoms with Gasteiger partial charge in [0.2, 0.25) is 10.4 Å². The van der Waals surface area contributed by atoms with Gasteiger partial charge < -0.3 is 25.4 Å². The van der Waals surface area contributed by atoms with Crippen molar-refractivity contribution in [1.29, 1.82) is 0 Å². The third-order valence-corrected chi connectivity index (χ3v) is 2.60. The topological polar surface area (TPSA) is 189 Å². The van der Waals surface area contributed by atoms with E-state index in [1.807, 2.05) is 4.90 Å². The quantitative estimate of drug-likeness (QED) is 0.178. The number of nitrogens with zero attached hydrogens (tertiary/aromatic N) is 3. The van der Waals surface area contributed by atoms with Gasteiger partial charge in [-0.15, -0.1) is 5.11 Å². The zero-order chi connectivity index (χ0) is 17.1. The minimum absolute atomic E-state index is 0. The number of phenolic OH excluding ortho intramolecular Hbond substituents is 1. The first kappa shape index (κ1) is 21.7. The van der Waals surface area contributed by atoms with Gasteiger partial charge in [-0.25, -0.2) is 13.2 Å². The second-order valence-electron chi connectivity index (χ2n) is 4.26. The number of hydrogen-bond donors (Lipinski definition) is 4. The van der Waals surface area contributed by atoms with Gasteiger partial charge in [-0.05, 0) is 6.07 Å². The molecule has 11 nitrogen and oxygen atoms in total. The van der Waals surface area contributed by atoms with Gasteiger partial charge in [0.15, 0.2) is 0 Å². The number of benzene rings is 1. The molecule has 0 aromatic heterocycles. The maximum absolute atomic E-state index is 10.5. The average molecular weight is 356 g/mol. The summed E-state index contributed by atoms with van der Waals surface area (Å²) in [6, 6.07) is 2.02. The Hall–Kier alpha value is -1.28. The molecule has 0 aliphatic carbocycles. The first-order valence-electron chi connectivity index (χ1n) is 5.64. The molecule has 0 saturated heterocycles. The summed E-state index contributed by atoms with van der Waals surface area (Å²) in [4.78, 5) is 12.3. The van der Waals surface area contributed by atoms with Crippen LogP contribution in [-0.4, -0.2) is 47.4 Å². The van der Waals surface area contributed by atoms with Gasteiger partial charge >= 0.3 is 35.6 Å². The van der Waals surface area contributed by atoms with E-state index in [2.05, 4.69) is 10.2 Å². The van der Waals surface area contributed by atoms with E-state index in [1.165, 1.54) is 12.1 Å². The molecule has 0 spiro atoms. The number of carbonyl (C=O) groups excluding carboxylic acids is 1. The number of β-amino-alcohol motifs (C(OH)–C–C–N with tert-alkyl or cyclic N) is 1. The van der Waals surface area contributed by atoms with Crippen molar-refractivity contribution in [2.45, 2.75) is 6.10 Å². The number of azo groups is 1. The molecule has 0 radical (unpaired) electrons. The molecule has 1 atom stereocenters. The fourth-order valence-corrected chi connectivity index (χ4v) is 1.82. The van der Waals surface area contributed by atoms with E-state index >= 15 is 0 Å². The molecule has 122 valence electrons. The van der Waals surface area contributed by atoms with Crippen LogP contribution in [0.3, 0.4) is 0 Å². The minimum Gasteiger partial charge on any atom is -0.726 e. The fraction of sp³-hybridized carbons (Fsp3) is 0.300. The van der Waals surface area contributed by atoms with Gasteiger partial charge in [0.05, 0.1) is 6.10 Å². The summed E-state index contributed by atoms with van der Waals surface area (Å²) in [6.07, 6.45) is -0.641. The van der Waals surface area contributed by atoms with Crippen molar-refractivity contribution in [3.8, 4) is 5.75 Å². The number of hydrogen-bond acceptors (Lipinski definition) is 8. The van der Waals surface area contributed by atoms with Crippen LogP contribution in [0.1, 0.15) is 11.7 Å². The van der Waals surface area contributed by atoms with E-state index in [0.29, 0.717) is 12.1 Å². The number of fused-ring (bicyclic) bond motifs is 1. The first-order valence-corrected chi connectivity index (χ1v) is 7.01. The molecule has 0 saturated carbocycles. The number of primary amides is 1. The largest absolute Gasteiger partial charge is 1.00 e. The van der Waals surface area contributed by atoms with Crippen molar-refractivity contribution in [3.05, 3.63) is 17.7 Å². The molecule has 1 aromatic rings. The number of aliphatic hydroxyl groups excluding tert-OH is 1. The Bertz CT molecular complexity index is 701. The Balaban J connectivity index is 0.000000709. The monoisotopic (exact) mass is 356 g/mol. The number of amides is 2. The molecule has 1 aliphatic heterocycles. The number of aliphatic hydroxyl groups is 1. The van der Waals surface area contributed by atoms with Crippen LogP contribution in [0.15, 0.2) is 22.4 Å². The molecule has 2 amide bonds. The van der Waals surface area contributed by atoms with Gasteiger partial charge in [0.1, 0.15) is 11.4 Å². The van der Waals surface area contributed by atoms with Crippen molar-refractivity contribution in [3.63, 3.8) is 0 Å². The third kappa shape index (κ3) is 7.22. The van der Waals surface area contributed by atoms with E-state index < -0.39 is 22.5 Å². The summed E-state index contributed by atoms with van der Waals surface area (Å²) in [5.74, 6) is -0.116. The van der Waals surface area contributed by atoms with Crippen LogP contribution in [0.25, 0.3) is 0 Å². The third-order valence-electron chi connectivity index (χ3n) is 2.60. The Morgan fingerprint density at radius 2 is 2.00 bits per heavy atom. The molecular formula is C10H13N4NaO7S. The Morgan fingerprint density at radius 1 is 1.48 bits per heavy atom. The molecule has 0 fully saturated rings. The molecule has 1 aliphatic rings. The van der Waals surface area contributed by atoms with Crippen molar-refractivity contribution in [2.75, 3.05) is 18.5 Å². The van der Waals surface area contributed by atoms with Crippen LogP contribution >= 0.6 is 0 Å².